The van der Waals surface area contributed by atoms with Crippen molar-refractivity contribution in [1.29, 1.82) is 0 Å². The van der Waals surface area contributed by atoms with Crippen LogP contribution in [0.4, 0.5) is 4.39 Å². The Kier molecular flexibility index (Phi) is 3.20. The van der Waals surface area contributed by atoms with E-state index in [1.165, 1.54) is 11.6 Å². The Labute approximate surface area is 98.9 Å². The van der Waals surface area contributed by atoms with Gasteiger partial charge in [0.25, 0.3) is 0 Å². The molecule has 3 heteroatoms. The van der Waals surface area contributed by atoms with Crippen LogP contribution in [0.2, 0.25) is 5.02 Å². The molecular formula is C13H11ClFN. The van der Waals surface area contributed by atoms with Crippen molar-refractivity contribution in [3.8, 4) is 11.3 Å². The van der Waals surface area contributed by atoms with Crippen LogP contribution in [0.1, 0.15) is 12.5 Å². The first-order valence-electron chi connectivity index (χ1n) is 5.11. The molecule has 0 spiro atoms. The Morgan fingerprint density at radius 1 is 1.25 bits per heavy atom. The SMILES string of the molecule is CCc1ccc(-c2ccc(F)c(Cl)c2)nc1. The number of nitrogens with zero attached hydrogens (tertiary/aromatic N) is 1. The number of halogens is 2. The van der Waals surface area contributed by atoms with Gasteiger partial charge in [-0.05, 0) is 36.2 Å². The van der Waals surface area contributed by atoms with Crippen LogP contribution in [-0.4, -0.2) is 4.98 Å². The van der Waals surface area contributed by atoms with E-state index in [0.717, 1.165) is 17.7 Å². The van der Waals surface area contributed by atoms with E-state index in [1.54, 1.807) is 12.1 Å². The summed E-state index contributed by atoms with van der Waals surface area (Å²) in [6, 6.07) is 8.55. The van der Waals surface area contributed by atoms with Gasteiger partial charge in [0.1, 0.15) is 5.82 Å². The Balaban J connectivity index is 2.38. The molecule has 1 nitrogen and oxygen atoms in total. The van der Waals surface area contributed by atoms with Crippen LogP contribution in [0.5, 0.6) is 0 Å². The molecule has 2 rings (SSSR count). The van der Waals surface area contributed by atoms with E-state index in [0.29, 0.717) is 0 Å². The third kappa shape index (κ3) is 2.22. The van der Waals surface area contributed by atoms with E-state index in [1.807, 2.05) is 18.3 Å². The lowest BCUT2D eigenvalue weighted by atomic mass is 10.1. The fourth-order valence-electron chi connectivity index (χ4n) is 1.46. The summed E-state index contributed by atoms with van der Waals surface area (Å²) < 4.78 is 13.0. The molecule has 1 aromatic heterocycles. The molecule has 0 aliphatic rings. The van der Waals surface area contributed by atoms with Gasteiger partial charge in [0, 0.05) is 11.8 Å². The van der Waals surface area contributed by atoms with Gasteiger partial charge in [0.05, 0.1) is 10.7 Å². The minimum Gasteiger partial charge on any atom is -0.256 e. The molecule has 0 aliphatic heterocycles. The van der Waals surface area contributed by atoms with Crippen molar-refractivity contribution in [3.05, 3.63) is 52.9 Å². The fourth-order valence-corrected chi connectivity index (χ4v) is 1.64. The summed E-state index contributed by atoms with van der Waals surface area (Å²) in [6.07, 6.45) is 2.78. The summed E-state index contributed by atoms with van der Waals surface area (Å²) in [7, 11) is 0. The summed E-state index contributed by atoms with van der Waals surface area (Å²) in [5.41, 5.74) is 2.81. The average Bonchev–Trinajstić information content (AvgIpc) is 2.33. The van der Waals surface area contributed by atoms with Crippen molar-refractivity contribution >= 4 is 11.6 Å². The predicted molar refractivity (Wildman–Crippen MR) is 64.0 cm³/mol. The molecular weight excluding hydrogens is 225 g/mol. The molecule has 16 heavy (non-hydrogen) atoms. The van der Waals surface area contributed by atoms with Gasteiger partial charge in [-0.2, -0.15) is 0 Å². The van der Waals surface area contributed by atoms with Crippen molar-refractivity contribution in [2.24, 2.45) is 0 Å². The lowest BCUT2D eigenvalue weighted by Gasteiger charge is -2.03. The lowest BCUT2D eigenvalue weighted by molar-refractivity contribution is 0.628. The highest BCUT2D eigenvalue weighted by molar-refractivity contribution is 6.31. The number of benzene rings is 1. The number of hydrogen-bond donors (Lipinski definition) is 0. The van der Waals surface area contributed by atoms with Crippen molar-refractivity contribution in [2.75, 3.05) is 0 Å². The second kappa shape index (κ2) is 4.62. The molecule has 0 saturated heterocycles. The minimum atomic E-state index is -0.407. The van der Waals surface area contributed by atoms with E-state index in [9.17, 15) is 4.39 Å². The summed E-state index contributed by atoms with van der Waals surface area (Å²) in [6.45, 7) is 2.07. The van der Waals surface area contributed by atoms with Gasteiger partial charge in [-0.1, -0.05) is 24.6 Å². The molecule has 0 bridgehead atoms. The van der Waals surface area contributed by atoms with Crippen LogP contribution >= 0.6 is 11.6 Å². The number of hydrogen-bond acceptors (Lipinski definition) is 1. The molecule has 0 radical (unpaired) electrons. The zero-order chi connectivity index (χ0) is 11.5. The standard InChI is InChI=1S/C13H11ClFN/c1-2-9-3-6-13(16-8-9)10-4-5-12(15)11(14)7-10/h3-8H,2H2,1H3. The molecule has 0 fully saturated rings. The third-order valence-corrected chi connectivity index (χ3v) is 2.74. The molecule has 0 N–H and O–H groups in total. The van der Waals surface area contributed by atoms with Gasteiger partial charge >= 0.3 is 0 Å². The second-order valence-electron chi connectivity index (χ2n) is 3.53. The topological polar surface area (TPSA) is 12.9 Å². The molecule has 0 saturated carbocycles. The Hall–Kier alpha value is -1.41. The van der Waals surface area contributed by atoms with Gasteiger partial charge < -0.3 is 0 Å². The van der Waals surface area contributed by atoms with Gasteiger partial charge in [-0.3, -0.25) is 4.98 Å². The predicted octanol–water partition coefficient (Wildman–Crippen LogP) is 4.10. The summed E-state index contributed by atoms with van der Waals surface area (Å²) in [5.74, 6) is -0.407. The first kappa shape index (κ1) is 11.1. The maximum Gasteiger partial charge on any atom is 0.141 e. The van der Waals surface area contributed by atoms with Gasteiger partial charge in [-0.25, -0.2) is 4.39 Å². The molecule has 0 unspecified atom stereocenters. The average molecular weight is 236 g/mol. The molecule has 2 aromatic rings. The lowest BCUT2D eigenvalue weighted by Crippen LogP contribution is -1.87. The quantitative estimate of drug-likeness (QED) is 0.764. The van der Waals surface area contributed by atoms with Crippen LogP contribution in [0, 0.1) is 5.82 Å². The molecule has 1 aromatic carbocycles. The first-order valence-corrected chi connectivity index (χ1v) is 5.49. The van der Waals surface area contributed by atoms with Crippen molar-refractivity contribution in [1.82, 2.24) is 4.98 Å². The van der Waals surface area contributed by atoms with Crippen LogP contribution in [0.25, 0.3) is 11.3 Å². The van der Waals surface area contributed by atoms with Crippen molar-refractivity contribution in [2.45, 2.75) is 13.3 Å². The molecule has 0 aliphatic carbocycles. The highest BCUT2D eigenvalue weighted by atomic mass is 35.5. The van der Waals surface area contributed by atoms with E-state index in [4.69, 9.17) is 11.6 Å². The molecule has 0 amide bonds. The monoisotopic (exact) mass is 235 g/mol. The van der Waals surface area contributed by atoms with E-state index in [2.05, 4.69) is 11.9 Å². The highest BCUT2D eigenvalue weighted by Crippen LogP contribution is 2.23. The smallest absolute Gasteiger partial charge is 0.141 e. The third-order valence-electron chi connectivity index (χ3n) is 2.45. The Morgan fingerprint density at radius 3 is 2.62 bits per heavy atom. The van der Waals surface area contributed by atoms with Crippen LogP contribution in [0.3, 0.4) is 0 Å². The maximum atomic E-state index is 13.0. The molecule has 82 valence electrons. The first-order chi connectivity index (χ1) is 7.70. The van der Waals surface area contributed by atoms with Gasteiger partial charge in [-0.15, -0.1) is 0 Å². The number of rotatable bonds is 2. The summed E-state index contributed by atoms with van der Waals surface area (Å²) >= 11 is 5.72. The van der Waals surface area contributed by atoms with Gasteiger partial charge in [0.2, 0.25) is 0 Å². The Bertz CT molecular complexity index is 494. The van der Waals surface area contributed by atoms with Crippen molar-refractivity contribution in [3.63, 3.8) is 0 Å². The fraction of sp³-hybridized carbons (Fsp3) is 0.154. The van der Waals surface area contributed by atoms with E-state index >= 15 is 0 Å². The number of pyridine rings is 1. The number of aryl methyl sites for hydroxylation is 1. The number of aromatic nitrogens is 1. The summed E-state index contributed by atoms with van der Waals surface area (Å²) in [4.78, 5) is 4.31. The van der Waals surface area contributed by atoms with E-state index < -0.39 is 5.82 Å². The maximum absolute atomic E-state index is 13.0. The zero-order valence-electron chi connectivity index (χ0n) is 8.87. The van der Waals surface area contributed by atoms with Gasteiger partial charge in [0.15, 0.2) is 0 Å². The molecule has 1 heterocycles. The highest BCUT2D eigenvalue weighted by Gasteiger charge is 2.03. The Morgan fingerprint density at radius 2 is 2.06 bits per heavy atom. The molecule has 0 atom stereocenters. The van der Waals surface area contributed by atoms with Crippen LogP contribution < -0.4 is 0 Å². The zero-order valence-corrected chi connectivity index (χ0v) is 9.63. The van der Waals surface area contributed by atoms with Crippen LogP contribution in [-0.2, 0) is 6.42 Å². The second-order valence-corrected chi connectivity index (χ2v) is 3.94. The van der Waals surface area contributed by atoms with Crippen molar-refractivity contribution < 1.29 is 4.39 Å². The minimum absolute atomic E-state index is 0.124. The normalized spacial score (nSPS) is 10.4. The largest absolute Gasteiger partial charge is 0.256 e. The summed E-state index contributed by atoms with van der Waals surface area (Å²) in [5, 5.41) is 0.124. The van der Waals surface area contributed by atoms with Crippen LogP contribution in [0.15, 0.2) is 36.5 Å². The van der Waals surface area contributed by atoms with E-state index in [-0.39, 0.29) is 5.02 Å².